The summed E-state index contributed by atoms with van der Waals surface area (Å²) in [6.45, 7) is 2.00. The average molecular weight is 361 g/mol. The van der Waals surface area contributed by atoms with Gasteiger partial charge in [-0.3, -0.25) is 0 Å². The summed E-state index contributed by atoms with van der Waals surface area (Å²) in [6.07, 6.45) is -0.224. The lowest BCUT2D eigenvalue weighted by Gasteiger charge is -2.45. The van der Waals surface area contributed by atoms with Crippen molar-refractivity contribution in [3.8, 4) is 0 Å². The van der Waals surface area contributed by atoms with E-state index in [-0.39, 0.29) is 0 Å². The fourth-order valence-corrected chi connectivity index (χ4v) is 5.85. The van der Waals surface area contributed by atoms with Gasteiger partial charge in [-0.2, -0.15) is 13.2 Å². The van der Waals surface area contributed by atoms with E-state index < -0.39 is 25.0 Å². The van der Waals surface area contributed by atoms with E-state index in [9.17, 15) is 13.2 Å². The van der Waals surface area contributed by atoms with Gasteiger partial charge in [-0.25, -0.2) is 0 Å². The van der Waals surface area contributed by atoms with Crippen LogP contribution < -0.4 is 10.6 Å². The van der Waals surface area contributed by atoms with Gasteiger partial charge >= 0.3 is 6.18 Å². The van der Waals surface area contributed by atoms with E-state index in [2.05, 4.69) is 24.3 Å². The molecule has 0 N–H and O–H groups in total. The van der Waals surface area contributed by atoms with E-state index in [1.807, 2.05) is 43.3 Å². The Hall–Kier alpha value is -2.06. The molecule has 0 amide bonds. The first kappa shape index (κ1) is 17.8. The lowest BCUT2D eigenvalue weighted by Crippen LogP contribution is -2.44. The third-order valence-electron chi connectivity index (χ3n) is 4.43. The Morgan fingerprint density at radius 3 is 1.76 bits per heavy atom. The molecular weight excluding hydrogens is 342 g/mol. The summed E-state index contributed by atoms with van der Waals surface area (Å²) in [5.74, 6) is 0. The summed E-state index contributed by atoms with van der Waals surface area (Å²) in [4.78, 5) is 1.70. The van der Waals surface area contributed by atoms with Crippen molar-refractivity contribution in [2.24, 2.45) is 0 Å². The van der Waals surface area contributed by atoms with Gasteiger partial charge in [0.15, 0.2) is 0 Å². The minimum Gasteiger partial charge on any atom is -0.367 e. The summed E-state index contributed by atoms with van der Waals surface area (Å²) < 4.78 is 39.2. The van der Waals surface area contributed by atoms with Gasteiger partial charge in [0, 0.05) is 13.2 Å². The number of allylic oxidation sites excluding steroid dienone is 2. The zero-order chi connectivity index (χ0) is 18.1. The smallest absolute Gasteiger partial charge is 0.367 e. The summed E-state index contributed by atoms with van der Waals surface area (Å²) in [6, 6.07) is 20.0. The summed E-state index contributed by atoms with van der Waals surface area (Å²) in [7, 11) is 0.801. The van der Waals surface area contributed by atoms with Crippen LogP contribution in [0, 0.1) is 0 Å². The van der Waals surface area contributed by atoms with Gasteiger partial charge in [0.2, 0.25) is 0 Å². The molecule has 25 heavy (non-hydrogen) atoms. The molecule has 1 aliphatic rings. The van der Waals surface area contributed by atoms with Crippen molar-refractivity contribution < 1.29 is 13.2 Å². The van der Waals surface area contributed by atoms with E-state index in [1.54, 1.807) is 18.0 Å². The van der Waals surface area contributed by atoms with Crippen molar-refractivity contribution in [1.82, 2.24) is 4.90 Å². The van der Waals surface area contributed by atoms with Gasteiger partial charge in [-0.05, 0) is 31.5 Å². The second-order valence-electron chi connectivity index (χ2n) is 6.13. The molecule has 130 valence electrons. The van der Waals surface area contributed by atoms with Crippen LogP contribution in [0.5, 0.6) is 0 Å². The molecule has 1 aliphatic heterocycles. The van der Waals surface area contributed by atoms with Crippen molar-refractivity contribution in [3.63, 3.8) is 0 Å². The first-order chi connectivity index (χ1) is 11.8. The molecule has 0 aromatic heterocycles. The van der Waals surface area contributed by atoms with E-state index in [1.165, 1.54) is 12.3 Å². The Kier molecular flexibility index (Phi) is 4.75. The fourth-order valence-electron chi connectivity index (χ4n) is 2.97. The standard InChI is InChI=1S/C20H19F3NP/c1-19(14-13-16(15-24(19)2)20(21,22)23)25(17-9-5-3-6-10-17)18-11-7-4-8-12-18/h3-15H,1-2H3. The van der Waals surface area contributed by atoms with E-state index in [0.29, 0.717) is 0 Å². The maximum Gasteiger partial charge on any atom is 0.417 e. The van der Waals surface area contributed by atoms with Gasteiger partial charge in [-0.15, -0.1) is 0 Å². The predicted molar refractivity (Wildman–Crippen MR) is 98.5 cm³/mol. The highest BCUT2D eigenvalue weighted by molar-refractivity contribution is 7.74. The van der Waals surface area contributed by atoms with Crippen molar-refractivity contribution in [2.75, 3.05) is 7.05 Å². The van der Waals surface area contributed by atoms with Crippen molar-refractivity contribution in [2.45, 2.75) is 18.4 Å². The summed E-state index contributed by atoms with van der Waals surface area (Å²) in [5.41, 5.74) is -0.622. The molecule has 2 aromatic rings. The molecule has 1 atom stereocenters. The molecule has 2 aromatic carbocycles. The van der Waals surface area contributed by atoms with Crippen molar-refractivity contribution in [1.29, 1.82) is 0 Å². The number of hydrogen-bond donors (Lipinski definition) is 0. The Bertz CT molecular complexity index is 744. The number of likely N-dealkylation sites (N-methyl/N-ethyl adjacent to an activating group) is 1. The normalized spacial score (nSPS) is 20.7. The molecule has 0 radical (unpaired) electrons. The van der Waals surface area contributed by atoms with Gasteiger partial charge in [0.1, 0.15) is 0 Å². The minimum atomic E-state index is -4.34. The van der Waals surface area contributed by atoms with Crippen LogP contribution >= 0.6 is 7.92 Å². The maximum atomic E-state index is 13.1. The highest BCUT2D eigenvalue weighted by atomic mass is 31.1. The lowest BCUT2D eigenvalue weighted by molar-refractivity contribution is -0.0897. The van der Waals surface area contributed by atoms with E-state index in [0.717, 1.165) is 10.6 Å². The molecule has 1 heterocycles. The van der Waals surface area contributed by atoms with Crippen LogP contribution in [0.15, 0.2) is 84.6 Å². The molecule has 0 saturated carbocycles. The van der Waals surface area contributed by atoms with Crippen molar-refractivity contribution in [3.05, 3.63) is 84.6 Å². The topological polar surface area (TPSA) is 3.24 Å². The third kappa shape index (κ3) is 3.50. The molecule has 0 aliphatic carbocycles. The quantitative estimate of drug-likeness (QED) is 0.711. The average Bonchev–Trinajstić information content (AvgIpc) is 2.59. The fraction of sp³-hybridized carbons (Fsp3) is 0.200. The Morgan fingerprint density at radius 1 is 0.880 bits per heavy atom. The molecule has 3 rings (SSSR count). The largest absolute Gasteiger partial charge is 0.417 e. The van der Waals surface area contributed by atoms with Gasteiger partial charge in [-0.1, -0.05) is 66.7 Å². The highest BCUT2D eigenvalue weighted by Crippen LogP contribution is 2.52. The van der Waals surface area contributed by atoms with Crippen LogP contribution in [0.25, 0.3) is 0 Å². The van der Waals surface area contributed by atoms with Crippen LogP contribution in [0.3, 0.4) is 0 Å². The second-order valence-corrected chi connectivity index (χ2v) is 8.74. The zero-order valence-corrected chi connectivity index (χ0v) is 14.9. The molecule has 1 unspecified atom stereocenters. The Morgan fingerprint density at radius 2 is 1.36 bits per heavy atom. The molecule has 0 saturated heterocycles. The monoisotopic (exact) mass is 361 g/mol. The minimum absolute atomic E-state index is 0.549. The molecule has 5 heteroatoms. The second kappa shape index (κ2) is 6.68. The molecule has 0 bridgehead atoms. The van der Waals surface area contributed by atoms with Crippen LogP contribution in [0.1, 0.15) is 6.92 Å². The number of nitrogens with zero attached hydrogens (tertiary/aromatic N) is 1. The molecule has 1 nitrogen and oxygen atoms in total. The number of alkyl halides is 3. The first-order valence-electron chi connectivity index (χ1n) is 7.94. The first-order valence-corrected chi connectivity index (χ1v) is 9.28. The van der Waals surface area contributed by atoms with Gasteiger partial charge < -0.3 is 4.90 Å². The number of hydrogen-bond acceptors (Lipinski definition) is 1. The van der Waals surface area contributed by atoms with E-state index >= 15 is 0 Å². The van der Waals surface area contributed by atoms with Crippen LogP contribution in [0.4, 0.5) is 13.2 Å². The zero-order valence-electron chi connectivity index (χ0n) is 14.0. The van der Waals surface area contributed by atoms with Crippen LogP contribution in [0.2, 0.25) is 0 Å². The van der Waals surface area contributed by atoms with Crippen LogP contribution in [-0.2, 0) is 0 Å². The number of benzene rings is 2. The third-order valence-corrected chi connectivity index (χ3v) is 7.43. The Balaban J connectivity index is 2.09. The summed E-state index contributed by atoms with van der Waals surface area (Å²) in [5, 5.41) is 1.71. The van der Waals surface area contributed by atoms with E-state index in [4.69, 9.17) is 0 Å². The molecule has 0 fully saturated rings. The lowest BCUT2D eigenvalue weighted by atomic mass is 10.1. The SMILES string of the molecule is CN1C=C(C(F)(F)F)C=CC1(C)P(c1ccccc1)c1ccccc1. The summed E-state index contributed by atoms with van der Waals surface area (Å²) >= 11 is 0. The highest BCUT2D eigenvalue weighted by Gasteiger charge is 2.42. The van der Waals surface area contributed by atoms with Crippen LogP contribution in [-0.4, -0.2) is 23.4 Å². The van der Waals surface area contributed by atoms with Crippen molar-refractivity contribution >= 4 is 18.5 Å². The molecule has 0 spiro atoms. The number of rotatable bonds is 3. The van der Waals surface area contributed by atoms with Gasteiger partial charge in [0.25, 0.3) is 0 Å². The molecular formula is C20H19F3NP. The number of halogens is 3. The van der Waals surface area contributed by atoms with Gasteiger partial charge in [0.05, 0.1) is 10.9 Å². The predicted octanol–water partition coefficient (Wildman–Crippen LogP) is 4.78. The Labute approximate surface area is 147 Å². The maximum absolute atomic E-state index is 13.1.